The van der Waals surface area contributed by atoms with E-state index in [-0.39, 0.29) is 0 Å². The second-order valence-corrected chi connectivity index (χ2v) is 4.01. The molecule has 0 spiro atoms. The first-order chi connectivity index (χ1) is 7.19. The Balaban J connectivity index is 2.93. The minimum absolute atomic E-state index is 0.491. The first-order valence-electron chi connectivity index (χ1n) is 5.63. The van der Waals surface area contributed by atoms with Gasteiger partial charge in [-0.1, -0.05) is 20.8 Å². The summed E-state index contributed by atoms with van der Waals surface area (Å²) in [6.07, 6.45) is 1.05. The van der Waals surface area contributed by atoms with E-state index in [1.165, 1.54) is 5.56 Å². The molecule has 1 aromatic rings. The van der Waals surface area contributed by atoms with Crippen LogP contribution in [0.2, 0.25) is 0 Å². The summed E-state index contributed by atoms with van der Waals surface area (Å²) in [5.74, 6) is 1.51. The van der Waals surface area contributed by atoms with Crippen LogP contribution in [-0.2, 0) is 0 Å². The van der Waals surface area contributed by atoms with E-state index in [2.05, 4.69) is 44.3 Å². The topological polar surface area (TPSA) is 21.3 Å². The van der Waals surface area contributed by atoms with Crippen molar-refractivity contribution < 1.29 is 4.74 Å². The van der Waals surface area contributed by atoms with Crippen LogP contribution in [0.15, 0.2) is 18.2 Å². The summed E-state index contributed by atoms with van der Waals surface area (Å²) in [5.41, 5.74) is 2.41. The van der Waals surface area contributed by atoms with Crippen molar-refractivity contribution in [3.8, 4) is 5.75 Å². The lowest BCUT2D eigenvalue weighted by Crippen LogP contribution is -2.01. The summed E-state index contributed by atoms with van der Waals surface area (Å²) >= 11 is 0. The minimum Gasteiger partial charge on any atom is -0.493 e. The van der Waals surface area contributed by atoms with Gasteiger partial charge in [0.25, 0.3) is 0 Å². The Bertz CT molecular complexity index is 307. The fourth-order valence-electron chi connectivity index (χ4n) is 1.50. The van der Waals surface area contributed by atoms with Crippen LogP contribution in [0.3, 0.4) is 0 Å². The van der Waals surface area contributed by atoms with Crippen LogP contribution in [0.4, 0.5) is 5.69 Å². The predicted molar refractivity (Wildman–Crippen MR) is 65.9 cm³/mol. The van der Waals surface area contributed by atoms with Gasteiger partial charge in [0.2, 0.25) is 0 Å². The van der Waals surface area contributed by atoms with Crippen molar-refractivity contribution in [1.82, 2.24) is 0 Å². The van der Waals surface area contributed by atoms with Gasteiger partial charge in [0.1, 0.15) is 5.75 Å². The molecule has 2 nitrogen and oxygen atoms in total. The third-order valence-corrected chi connectivity index (χ3v) is 2.38. The van der Waals surface area contributed by atoms with E-state index >= 15 is 0 Å². The highest BCUT2D eigenvalue weighted by atomic mass is 16.5. The van der Waals surface area contributed by atoms with Crippen molar-refractivity contribution in [2.45, 2.75) is 33.1 Å². The molecule has 0 amide bonds. The van der Waals surface area contributed by atoms with Crippen LogP contribution in [0.5, 0.6) is 5.75 Å². The number of hydrogen-bond donors (Lipinski definition) is 1. The minimum atomic E-state index is 0.491. The van der Waals surface area contributed by atoms with Gasteiger partial charge >= 0.3 is 0 Å². The van der Waals surface area contributed by atoms with Crippen LogP contribution < -0.4 is 10.1 Å². The SMILES string of the molecule is CCCOc1ccc(NC)cc1C(C)C. The molecule has 0 fully saturated rings. The fourth-order valence-corrected chi connectivity index (χ4v) is 1.50. The normalized spacial score (nSPS) is 10.5. The number of nitrogens with one attached hydrogen (secondary N) is 1. The van der Waals surface area contributed by atoms with E-state index in [1.807, 2.05) is 7.05 Å². The van der Waals surface area contributed by atoms with Gasteiger partial charge in [-0.3, -0.25) is 0 Å². The molecule has 0 saturated carbocycles. The van der Waals surface area contributed by atoms with Crippen molar-refractivity contribution in [2.24, 2.45) is 0 Å². The molecule has 0 bridgehead atoms. The molecule has 1 aromatic carbocycles. The monoisotopic (exact) mass is 207 g/mol. The first kappa shape index (κ1) is 11.9. The Hall–Kier alpha value is -1.18. The highest BCUT2D eigenvalue weighted by Gasteiger charge is 2.08. The maximum Gasteiger partial charge on any atom is 0.122 e. The molecule has 0 aliphatic carbocycles. The quantitative estimate of drug-likeness (QED) is 0.796. The van der Waals surface area contributed by atoms with E-state index < -0.39 is 0 Å². The molecule has 0 aromatic heterocycles. The largest absolute Gasteiger partial charge is 0.493 e. The summed E-state index contributed by atoms with van der Waals surface area (Å²) in [4.78, 5) is 0. The maximum absolute atomic E-state index is 5.72. The molecule has 0 saturated heterocycles. The number of benzene rings is 1. The van der Waals surface area contributed by atoms with E-state index in [9.17, 15) is 0 Å². The Morgan fingerprint density at radius 2 is 2.07 bits per heavy atom. The van der Waals surface area contributed by atoms with Crippen LogP contribution in [0, 0.1) is 0 Å². The van der Waals surface area contributed by atoms with Crippen molar-refractivity contribution in [2.75, 3.05) is 19.0 Å². The number of ether oxygens (including phenoxy) is 1. The van der Waals surface area contributed by atoms with Crippen molar-refractivity contribution in [3.05, 3.63) is 23.8 Å². The molecule has 0 atom stereocenters. The van der Waals surface area contributed by atoms with Gasteiger partial charge in [-0.15, -0.1) is 0 Å². The molecule has 1 rings (SSSR count). The number of rotatable bonds is 5. The summed E-state index contributed by atoms with van der Waals surface area (Å²) in [5, 5.41) is 3.15. The molecule has 2 heteroatoms. The summed E-state index contributed by atoms with van der Waals surface area (Å²) in [6.45, 7) is 7.29. The summed E-state index contributed by atoms with van der Waals surface area (Å²) in [7, 11) is 1.94. The van der Waals surface area contributed by atoms with Crippen LogP contribution in [-0.4, -0.2) is 13.7 Å². The van der Waals surface area contributed by atoms with Crippen molar-refractivity contribution in [1.29, 1.82) is 0 Å². The zero-order chi connectivity index (χ0) is 11.3. The average molecular weight is 207 g/mol. The third kappa shape index (κ3) is 3.15. The van der Waals surface area contributed by atoms with Gasteiger partial charge in [0.05, 0.1) is 6.61 Å². The van der Waals surface area contributed by atoms with Gasteiger partial charge in [-0.2, -0.15) is 0 Å². The fraction of sp³-hybridized carbons (Fsp3) is 0.538. The molecule has 0 aliphatic heterocycles. The molecule has 0 radical (unpaired) electrons. The highest BCUT2D eigenvalue weighted by Crippen LogP contribution is 2.29. The molecular weight excluding hydrogens is 186 g/mol. The van der Waals surface area contributed by atoms with E-state index in [1.54, 1.807) is 0 Å². The molecule has 1 N–H and O–H groups in total. The van der Waals surface area contributed by atoms with E-state index in [4.69, 9.17) is 4.74 Å². The van der Waals surface area contributed by atoms with Gasteiger partial charge in [0, 0.05) is 12.7 Å². The Labute approximate surface area is 92.6 Å². The molecular formula is C13H21NO. The molecule has 0 aliphatic rings. The van der Waals surface area contributed by atoms with E-state index in [0.717, 1.165) is 24.5 Å². The number of anilines is 1. The zero-order valence-corrected chi connectivity index (χ0v) is 10.1. The van der Waals surface area contributed by atoms with Gasteiger partial charge < -0.3 is 10.1 Å². The molecule has 0 unspecified atom stereocenters. The van der Waals surface area contributed by atoms with Crippen molar-refractivity contribution >= 4 is 5.69 Å². The Morgan fingerprint density at radius 3 is 2.60 bits per heavy atom. The lowest BCUT2D eigenvalue weighted by Gasteiger charge is -2.15. The second-order valence-electron chi connectivity index (χ2n) is 4.01. The second kappa shape index (κ2) is 5.64. The maximum atomic E-state index is 5.72. The van der Waals surface area contributed by atoms with Crippen LogP contribution in [0.25, 0.3) is 0 Å². The van der Waals surface area contributed by atoms with Crippen LogP contribution >= 0.6 is 0 Å². The Kier molecular flexibility index (Phi) is 4.47. The number of hydrogen-bond acceptors (Lipinski definition) is 2. The lowest BCUT2D eigenvalue weighted by atomic mass is 10.0. The molecule has 15 heavy (non-hydrogen) atoms. The van der Waals surface area contributed by atoms with E-state index in [0.29, 0.717) is 5.92 Å². The molecule has 84 valence electrons. The Morgan fingerprint density at radius 1 is 1.33 bits per heavy atom. The third-order valence-electron chi connectivity index (χ3n) is 2.38. The smallest absolute Gasteiger partial charge is 0.122 e. The van der Waals surface area contributed by atoms with Gasteiger partial charge in [-0.05, 0) is 36.1 Å². The van der Waals surface area contributed by atoms with Gasteiger partial charge in [-0.25, -0.2) is 0 Å². The first-order valence-corrected chi connectivity index (χ1v) is 5.63. The van der Waals surface area contributed by atoms with Gasteiger partial charge in [0.15, 0.2) is 0 Å². The lowest BCUT2D eigenvalue weighted by molar-refractivity contribution is 0.313. The van der Waals surface area contributed by atoms with Crippen molar-refractivity contribution in [3.63, 3.8) is 0 Å². The summed E-state index contributed by atoms with van der Waals surface area (Å²) in [6, 6.07) is 6.27. The van der Waals surface area contributed by atoms with Crippen LogP contribution in [0.1, 0.15) is 38.7 Å². The standard InChI is InChI=1S/C13H21NO/c1-5-8-15-13-7-6-11(14-4)9-12(13)10(2)3/h6-7,9-10,14H,5,8H2,1-4H3. The predicted octanol–water partition coefficient (Wildman–Crippen LogP) is 3.64. The molecule has 0 heterocycles. The summed E-state index contributed by atoms with van der Waals surface area (Å²) < 4.78 is 5.72. The highest BCUT2D eigenvalue weighted by molar-refractivity contribution is 5.51. The zero-order valence-electron chi connectivity index (χ0n) is 10.1. The average Bonchev–Trinajstić information content (AvgIpc) is 2.26.